The summed E-state index contributed by atoms with van der Waals surface area (Å²) >= 11 is 0. The summed E-state index contributed by atoms with van der Waals surface area (Å²) in [6.07, 6.45) is -0.914. The monoisotopic (exact) mass is 378 g/mol. The van der Waals surface area contributed by atoms with Gasteiger partial charge in [0.25, 0.3) is 11.8 Å². The quantitative estimate of drug-likeness (QED) is 0.707. The van der Waals surface area contributed by atoms with Gasteiger partial charge in [0.2, 0.25) is 0 Å². The van der Waals surface area contributed by atoms with Crippen LogP contribution in [0.4, 0.5) is 0 Å². The van der Waals surface area contributed by atoms with Crippen LogP contribution in [0.15, 0.2) is 48.5 Å². The number of hydrogen-bond acceptors (Lipinski definition) is 4. The second-order valence-corrected chi connectivity index (χ2v) is 7.67. The first-order valence-corrected chi connectivity index (χ1v) is 9.64. The second kappa shape index (κ2) is 6.43. The summed E-state index contributed by atoms with van der Waals surface area (Å²) < 4.78 is 12.5. The fourth-order valence-electron chi connectivity index (χ4n) is 4.43. The highest BCUT2D eigenvalue weighted by Gasteiger charge is 2.45. The average molecular weight is 378 g/mol. The minimum Gasteiger partial charge on any atom is -0.352 e. The van der Waals surface area contributed by atoms with Crippen LogP contribution in [0.25, 0.3) is 0 Å². The van der Waals surface area contributed by atoms with E-state index in [1.165, 1.54) is 0 Å². The zero-order valence-electron chi connectivity index (χ0n) is 15.9. The van der Waals surface area contributed by atoms with E-state index in [2.05, 4.69) is 0 Å². The fraction of sp³-hybridized carbons (Fsp3) is 0.364. The molecule has 4 atom stereocenters. The molecule has 6 heteroatoms. The first-order chi connectivity index (χ1) is 13.6. The van der Waals surface area contributed by atoms with Gasteiger partial charge in [-0.3, -0.25) is 9.59 Å². The molecule has 0 saturated carbocycles. The smallest absolute Gasteiger partial charge is 0.256 e. The van der Waals surface area contributed by atoms with Crippen LogP contribution in [-0.4, -0.2) is 46.9 Å². The van der Waals surface area contributed by atoms with Crippen molar-refractivity contribution in [1.82, 2.24) is 9.80 Å². The van der Waals surface area contributed by atoms with Crippen molar-refractivity contribution in [2.75, 3.05) is 13.2 Å². The lowest BCUT2D eigenvalue weighted by Crippen LogP contribution is -2.46. The molecule has 2 amide bonds. The van der Waals surface area contributed by atoms with Gasteiger partial charge in [-0.2, -0.15) is 0 Å². The van der Waals surface area contributed by atoms with E-state index >= 15 is 0 Å². The van der Waals surface area contributed by atoms with Gasteiger partial charge in [0.1, 0.15) is 0 Å². The molecule has 6 nitrogen and oxygen atoms in total. The Kier molecular flexibility index (Phi) is 4.00. The van der Waals surface area contributed by atoms with E-state index in [4.69, 9.17) is 9.47 Å². The highest BCUT2D eigenvalue weighted by Crippen LogP contribution is 2.40. The fourth-order valence-corrected chi connectivity index (χ4v) is 4.43. The Morgan fingerprint density at radius 1 is 0.714 bits per heavy atom. The maximum Gasteiger partial charge on any atom is 0.256 e. The molecule has 0 radical (unpaired) electrons. The molecule has 28 heavy (non-hydrogen) atoms. The molecule has 0 aromatic heterocycles. The van der Waals surface area contributed by atoms with Crippen LogP contribution in [0, 0.1) is 0 Å². The van der Waals surface area contributed by atoms with Crippen molar-refractivity contribution < 1.29 is 19.1 Å². The summed E-state index contributed by atoms with van der Waals surface area (Å²) in [5, 5.41) is 0. The zero-order valence-corrected chi connectivity index (χ0v) is 15.9. The maximum atomic E-state index is 13.0. The largest absolute Gasteiger partial charge is 0.352 e. The number of carbonyl (C=O) groups excluding carboxylic acids is 2. The Morgan fingerprint density at radius 2 is 1.11 bits per heavy atom. The summed E-state index contributed by atoms with van der Waals surface area (Å²) in [6.45, 7) is 4.54. The standard InChI is InChI=1S/C22H22N2O4/c1-13-11-27-22-18-10-6-4-8-16(18)20(26)24(22)14(2)12-28-21-17-9-5-3-7-15(17)19(25)23(13)21/h3-10,13-14,21-22H,11-12H2,1-2H3/t13-,14-,21+,22+/m0/s1. The molecule has 0 unspecified atom stereocenters. The topological polar surface area (TPSA) is 59.1 Å². The summed E-state index contributed by atoms with van der Waals surface area (Å²) in [5.74, 6) is -0.0747. The molecule has 1 saturated heterocycles. The van der Waals surface area contributed by atoms with Crippen molar-refractivity contribution in [3.05, 3.63) is 70.8 Å². The van der Waals surface area contributed by atoms with Crippen molar-refractivity contribution in [2.45, 2.75) is 38.4 Å². The van der Waals surface area contributed by atoms with Crippen LogP contribution in [-0.2, 0) is 9.47 Å². The number of hydrogen-bond donors (Lipinski definition) is 0. The van der Waals surface area contributed by atoms with E-state index in [0.717, 1.165) is 11.1 Å². The lowest BCUT2D eigenvalue weighted by Gasteiger charge is -2.38. The van der Waals surface area contributed by atoms with Crippen LogP contribution in [0.2, 0.25) is 0 Å². The van der Waals surface area contributed by atoms with Gasteiger partial charge in [-0.1, -0.05) is 36.4 Å². The van der Waals surface area contributed by atoms with E-state index in [-0.39, 0.29) is 23.9 Å². The predicted molar refractivity (Wildman–Crippen MR) is 102 cm³/mol. The number of carbonyl (C=O) groups is 2. The number of nitrogens with zero attached hydrogens (tertiary/aromatic N) is 2. The molecule has 2 aromatic rings. The minimum absolute atomic E-state index is 0.0373. The van der Waals surface area contributed by atoms with E-state index in [1.54, 1.807) is 9.80 Å². The summed E-state index contributed by atoms with van der Waals surface area (Å²) in [7, 11) is 0. The van der Waals surface area contributed by atoms with Crippen LogP contribution in [0.1, 0.15) is 58.1 Å². The predicted octanol–water partition coefficient (Wildman–Crippen LogP) is 3.12. The molecule has 144 valence electrons. The third-order valence-electron chi connectivity index (χ3n) is 5.83. The van der Waals surface area contributed by atoms with Crippen molar-refractivity contribution in [3.8, 4) is 0 Å². The highest BCUT2D eigenvalue weighted by atomic mass is 16.5. The Bertz CT molecular complexity index is 882. The zero-order chi connectivity index (χ0) is 19.4. The van der Waals surface area contributed by atoms with Gasteiger partial charge in [-0.15, -0.1) is 0 Å². The van der Waals surface area contributed by atoms with Gasteiger partial charge in [-0.05, 0) is 26.0 Å². The van der Waals surface area contributed by atoms with Crippen LogP contribution in [0.5, 0.6) is 0 Å². The molecule has 0 N–H and O–H groups in total. The van der Waals surface area contributed by atoms with Crippen LogP contribution < -0.4 is 0 Å². The lowest BCUT2D eigenvalue weighted by molar-refractivity contribution is -0.131. The number of rotatable bonds is 0. The number of amides is 2. The third-order valence-corrected chi connectivity index (χ3v) is 5.83. The molecule has 3 aliphatic rings. The van der Waals surface area contributed by atoms with E-state index in [1.807, 2.05) is 62.4 Å². The van der Waals surface area contributed by atoms with Gasteiger partial charge in [0.15, 0.2) is 12.5 Å². The molecule has 0 spiro atoms. The first kappa shape index (κ1) is 17.4. The lowest BCUT2D eigenvalue weighted by atomic mass is 10.1. The molecule has 2 aromatic carbocycles. The Hall–Kier alpha value is -2.70. The average Bonchev–Trinajstić information content (AvgIpc) is 3.16. The van der Waals surface area contributed by atoms with Gasteiger partial charge in [0, 0.05) is 22.3 Å². The molecule has 0 bridgehead atoms. The van der Waals surface area contributed by atoms with Crippen LogP contribution in [0.3, 0.4) is 0 Å². The Morgan fingerprint density at radius 3 is 1.54 bits per heavy atom. The molecule has 3 heterocycles. The second-order valence-electron chi connectivity index (χ2n) is 7.67. The van der Waals surface area contributed by atoms with Gasteiger partial charge in [-0.25, -0.2) is 0 Å². The molecular formula is C22H22N2O4. The molecule has 3 aliphatic heterocycles. The molecule has 5 rings (SSSR count). The number of benzene rings is 2. The Labute approximate surface area is 163 Å². The van der Waals surface area contributed by atoms with Crippen molar-refractivity contribution in [3.63, 3.8) is 0 Å². The molecule has 0 aliphatic carbocycles. The number of ether oxygens (including phenoxy) is 2. The van der Waals surface area contributed by atoms with Gasteiger partial charge in [0.05, 0.1) is 25.3 Å². The molecule has 1 fully saturated rings. The minimum atomic E-state index is -0.457. The van der Waals surface area contributed by atoms with Crippen molar-refractivity contribution in [2.24, 2.45) is 0 Å². The van der Waals surface area contributed by atoms with E-state index in [9.17, 15) is 9.59 Å². The van der Waals surface area contributed by atoms with Gasteiger partial charge < -0.3 is 19.3 Å². The SMILES string of the molecule is C[C@H]1CO[C@@H]2c3ccccc3C(=O)N2[C@@H](C)CO[C@@H]2c3ccccc3C(=O)N21. The van der Waals surface area contributed by atoms with E-state index < -0.39 is 12.5 Å². The highest BCUT2D eigenvalue weighted by molar-refractivity contribution is 6.00. The van der Waals surface area contributed by atoms with Crippen molar-refractivity contribution >= 4 is 11.8 Å². The summed E-state index contributed by atoms with van der Waals surface area (Å²) in [6, 6.07) is 14.7. The van der Waals surface area contributed by atoms with Gasteiger partial charge >= 0.3 is 0 Å². The maximum absolute atomic E-state index is 13.0. The van der Waals surface area contributed by atoms with Crippen molar-refractivity contribution in [1.29, 1.82) is 0 Å². The van der Waals surface area contributed by atoms with E-state index in [0.29, 0.717) is 24.3 Å². The Balaban J connectivity index is 1.51. The summed E-state index contributed by atoms with van der Waals surface area (Å²) in [4.78, 5) is 29.5. The normalized spacial score (nSPS) is 29.2. The van der Waals surface area contributed by atoms with Crippen LogP contribution >= 0.6 is 0 Å². The summed E-state index contributed by atoms with van der Waals surface area (Å²) in [5.41, 5.74) is 3.10. The number of fused-ring (bicyclic) bond motifs is 6. The third kappa shape index (κ3) is 2.41. The first-order valence-electron chi connectivity index (χ1n) is 9.64. The molecular weight excluding hydrogens is 356 g/mol.